The van der Waals surface area contributed by atoms with Crippen LogP contribution in [0.5, 0.6) is 5.75 Å². The zero-order valence-corrected chi connectivity index (χ0v) is 10.6. The van der Waals surface area contributed by atoms with Gasteiger partial charge in [-0.2, -0.15) is 0 Å². The van der Waals surface area contributed by atoms with Crippen LogP contribution >= 0.6 is 0 Å². The fraction of sp³-hybridized carbons (Fsp3) is 0.429. The Balaban J connectivity index is 1.72. The second-order valence-corrected chi connectivity index (χ2v) is 5.00. The zero-order valence-electron chi connectivity index (χ0n) is 10.6. The number of nitrogens with one attached hydrogen (secondary N) is 2. The minimum absolute atomic E-state index is 0.0308. The Hall–Kier alpha value is -2.04. The number of ether oxygens (including phenoxy) is 1. The summed E-state index contributed by atoms with van der Waals surface area (Å²) in [6, 6.07) is 5.85. The van der Waals surface area contributed by atoms with E-state index in [0.717, 1.165) is 18.4 Å². The van der Waals surface area contributed by atoms with E-state index in [1.54, 1.807) is 6.07 Å². The highest BCUT2D eigenvalue weighted by Gasteiger charge is 2.23. The van der Waals surface area contributed by atoms with E-state index in [2.05, 4.69) is 10.6 Å². The minimum atomic E-state index is -0.0571. The average Bonchev–Trinajstić information content (AvgIpc) is 3.16. The molecule has 19 heavy (non-hydrogen) atoms. The molecule has 1 saturated carbocycles. The summed E-state index contributed by atoms with van der Waals surface area (Å²) in [6.07, 6.45) is 2.85. The van der Waals surface area contributed by atoms with Crippen LogP contribution in [0.25, 0.3) is 0 Å². The lowest BCUT2D eigenvalue weighted by atomic mass is 10.1. The van der Waals surface area contributed by atoms with Crippen molar-refractivity contribution in [1.82, 2.24) is 5.32 Å². The molecule has 0 bridgehead atoms. The number of carbonyl (C=O) groups excluding carboxylic acids is 2. The van der Waals surface area contributed by atoms with E-state index in [9.17, 15) is 9.59 Å². The summed E-state index contributed by atoms with van der Waals surface area (Å²) in [6.45, 7) is 0.389. The number of amides is 2. The van der Waals surface area contributed by atoms with Gasteiger partial charge in [-0.05, 0) is 30.5 Å². The summed E-state index contributed by atoms with van der Waals surface area (Å²) >= 11 is 0. The van der Waals surface area contributed by atoms with Crippen LogP contribution in [0.2, 0.25) is 0 Å². The van der Waals surface area contributed by atoms with Gasteiger partial charge >= 0.3 is 0 Å². The molecule has 2 N–H and O–H groups in total. The second-order valence-electron chi connectivity index (χ2n) is 5.00. The van der Waals surface area contributed by atoms with Crippen molar-refractivity contribution in [3.63, 3.8) is 0 Å². The summed E-state index contributed by atoms with van der Waals surface area (Å²) in [7, 11) is 0. The van der Waals surface area contributed by atoms with Crippen molar-refractivity contribution in [3.05, 3.63) is 23.8 Å². The maximum Gasteiger partial charge on any atom is 0.227 e. The third-order valence-electron chi connectivity index (χ3n) is 3.21. The Morgan fingerprint density at radius 2 is 2.26 bits per heavy atom. The van der Waals surface area contributed by atoms with Crippen LogP contribution < -0.4 is 15.4 Å². The molecule has 1 heterocycles. The maximum absolute atomic E-state index is 11.7. The average molecular weight is 260 g/mol. The molecular formula is C14H16N2O3. The summed E-state index contributed by atoms with van der Waals surface area (Å²) in [5.41, 5.74) is 1.53. The van der Waals surface area contributed by atoms with Gasteiger partial charge in [0.05, 0.1) is 25.1 Å². The highest BCUT2D eigenvalue weighted by molar-refractivity contribution is 5.93. The molecule has 0 aromatic heterocycles. The van der Waals surface area contributed by atoms with Crippen LogP contribution in [0, 0.1) is 0 Å². The van der Waals surface area contributed by atoms with Gasteiger partial charge in [0.15, 0.2) is 0 Å². The van der Waals surface area contributed by atoms with Crippen LogP contribution in [0.1, 0.15) is 24.8 Å². The standard InChI is InChI=1S/C14H16N2O3/c17-13-5-6-19-12-4-1-9(7-11(12)16-13)8-14(18)15-10-2-3-10/h1,4,7,10H,2-3,5-6,8H2,(H,15,18)(H,16,17). The van der Waals surface area contributed by atoms with Gasteiger partial charge in [0.1, 0.15) is 5.75 Å². The van der Waals surface area contributed by atoms with Crippen molar-refractivity contribution in [2.45, 2.75) is 31.7 Å². The van der Waals surface area contributed by atoms with Crippen molar-refractivity contribution in [3.8, 4) is 5.75 Å². The van der Waals surface area contributed by atoms with E-state index in [0.29, 0.717) is 36.9 Å². The Labute approximate surface area is 111 Å². The first-order valence-electron chi connectivity index (χ1n) is 6.55. The predicted molar refractivity (Wildman–Crippen MR) is 70.1 cm³/mol. The first kappa shape index (κ1) is 12.0. The van der Waals surface area contributed by atoms with Crippen LogP contribution in [0.15, 0.2) is 18.2 Å². The predicted octanol–water partition coefficient (Wildman–Crippen LogP) is 1.23. The lowest BCUT2D eigenvalue weighted by molar-refractivity contribution is -0.120. The molecule has 2 amide bonds. The smallest absolute Gasteiger partial charge is 0.227 e. The zero-order chi connectivity index (χ0) is 13.2. The molecule has 1 aliphatic heterocycles. The van der Waals surface area contributed by atoms with Gasteiger partial charge in [0.2, 0.25) is 11.8 Å². The van der Waals surface area contributed by atoms with Crippen molar-refractivity contribution in [2.75, 3.05) is 11.9 Å². The first-order valence-corrected chi connectivity index (χ1v) is 6.55. The lowest BCUT2D eigenvalue weighted by Gasteiger charge is -2.09. The largest absolute Gasteiger partial charge is 0.491 e. The third-order valence-corrected chi connectivity index (χ3v) is 3.21. The van der Waals surface area contributed by atoms with Crippen molar-refractivity contribution >= 4 is 17.5 Å². The van der Waals surface area contributed by atoms with Gasteiger partial charge in [-0.25, -0.2) is 0 Å². The highest BCUT2D eigenvalue weighted by Crippen LogP contribution is 2.28. The summed E-state index contributed by atoms with van der Waals surface area (Å²) in [5, 5.41) is 5.74. The number of benzene rings is 1. The van der Waals surface area contributed by atoms with Gasteiger partial charge in [-0.1, -0.05) is 6.07 Å². The highest BCUT2D eigenvalue weighted by atomic mass is 16.5. The molecule has 0 unspecified atom stereocenters. The van der Waals surface area contributed by atoms with Gasteiger partial charge in [0.25, 0.3) is 0 Å². The molecule has 1 aromatic rings. The molecule has 5 nitrogen and oxygen atoms in total. The van der Waals surface area contributed by atoms with Gasteiger partial charge in [-0.15, -0.1) is 0 Å². The van der Waals surface area contributed by atoms with Crippen LogP contribution in [0.3, 0.4) is 0 Å². The number of hydrogen-bond acceptors (Lipinski definition) is 3. The van der Waals surface area contributed by atoms with Gasteiger partial charge in [-0.3, -0.25) is 9.59 Å². The summed E-state index contributed by atoms with van der Waals surface area (Å²) in [5.74, 6) is 0.638. The normalized spacial score (nSPS) is 17.8. The SMILES string of the molecule is O=C1CCOc2ccc(CC(=O)NC3CC3)cc2N1. The van der Waals surface area contributed by atoms with Crippen molar-refractivity contribution in [2.24, 2.45) is 0 Å². The number of hydrogen-bond donors (Lipinski definition) is 2. The molecule has 0 spiro atoms. The Kier molecular flexibility index (Phi) is 3.11. The van der Waals surface area contributed by atoms with E-state index in [4.69, 9.17) is 4.74 Å². The number of carbonyl (C=O) groups is 2. The van der Waals surface area contributed by atoms with E-state index in [-0.39, 0.29) is 11.8 Å². The molecule has 1 aliphatic carbocycles. The van der Waals surface area contributed by atoms with Crippen LogP contribution in [-0.4, -0.2) is 24.5 Å². The van der Waals surface area contributed by atoms with E-state index >= 15 is 0 Å². The van der Waals surface area contributed by atoms with Crippen molar-refractivity contribution in [1.29, 1.82) is 0 Å². The van der Waals surface area contributed by atoms with Gasteiger partial charge < -0.3 is 15.4 Å². The quantitative estimate of drug-likeness (QED) is 0.859. The van der Waals surface area contributed by atoms with Crippen LogP contribution in [-0.2, 0) is 16.0 Å². The number of rotatable bonds is 3. The molecule has 5 heteroatoms. The molecule has 0 atom stereocenters. The molecule has 100 valence electrons. The molecule has 0 saturated heterocycles. The molecular weight excluding hydrogens is 244 g/mol. The number of fused-ring (bicyclic) bond motifs is 1. The summed E-state index contributed by atoms with van der Waals surface area (Å²) < 4.78 is 5.47. The number of anilines is 1. The third kappa shape index (κ3) is 3.05. The van der Waals surface area contributed by atoms with Gasteiger partial charge in [0, 0.05) is 6.04 Å². The van der Waals surface area contributed by atoms with E-state index < -0.39 is 0 Å². The summed E-state index contributed by atoms with van der Waals surface area (Å²) in [4.78, 5) is 23.2. The Morgan fingerprint density at radius 1 is 1.42 bits per heavy atom. The van der Waals surface area contributed by atoms with Crippen LogP contribution in [0.4, 0.5) is 5.69 Å². The Morgan fingerprint density at radius 3 is 3.05 bits per heavy atom. The van der Waals surface area contributed by atoms with E-state index in [1.165, 1.54) is 0 Å². The minimum Gasteiger partial charge on any atom is -0.491 e. The fourth-order valence-electron chi connectivity index (χ4n) is 2.07. The monoisotopic (exact) mass is 260 g/mol. The second kappa shape index (κ2) is 4.91. The first-order chi connectivity index (χ1) is 9.20. The molecule has 1 aromatic carbocycles. The fourth-order valence-corrected chi connectivity index (χ4v) is 2.07. The molecule has 0 radical (unpaired) electrons. The lowest BCUT2D eigenvalue weighted by Crippen LogP contribution is -2.26. The topological polar surface area (TPSA) is 67.4 Å². The maximum atomic E-state index is 11.7. The van der Waals surface area contributed by atoms with Crippen molar-refractivity contribution < 1.29 is 14.3 Å². The Bertz CT molecular complexity index is 523. The van der Waals surface area contributed by atoms with E-state index in [1.807, 2.05) is 12.1 Å². The molecule has 2 aliphatic rings. The molecule has 1 fully saturated rings. The molecule has 3 rings (SSSR count).